The summed E-state index contributed by atoms with van der Waals surface area (Å²) in [6.07, 6.45) is 1.43. The van der Waals surface area contributed by atoms with Gasteiger partial charge in [-0.25, -0.2) is 4.79 Å². The number of anilines is 1. The van der Waals surface area contributed by atoms with Crippen LogP contribution < -0.4 is 5.32 Å². The molecule has 1 fully saturated rings. The van der Waals surface area contributed by atoms with Gasteiger partial charge in [-0.1, -0.05) is 25.2 Å². The number of aliphatic hydroxyl groups is 1. The molecule has 0 bridgehead atoms. The number of amides is 2. The van der Waals surface area contributed by atoms with Crippen molar-refractivity contribution in [1.29, 1.82) is 0 Å². The Hall–Kier alpha value is -1.21. The van der Waals surface area contributed by atoms with E-state index < -0.39 is 0 Å². The summed E-state index contributed by atoms with van der Waals surface area (Å²) in [6.45, 7) is 5.41. The molecule has 6 nitrogen and oxygen atoms in total. The molecular weight excluding hydrogens is 264 g/mol. The summed E-state index contributed by atoms with van der Waals surface area (Å²) in [5.41, 5.74) is 1.58. The fraction of sp³-hybridized carbons (Fsp3) is 0.750. The van der Waals surface area contributed by atoms with Crippen LogP contribution in [0.2, 0.25) is 0 Å². The maximum absolute atomic E-state index is 12.0. The molecule has 2 N–H and O–H groups in total. The predicted octanol–water partition coefficient (Wildman–Crippen LogP) is 1.80. The monoisotopic (exact) mass is 284 g/mol. The fourth-order valence-corrected chi connectivity index (χ4v) is 2.82. The lowest BCUT2D eigenvalue weighted by atomic mass is 9.86. The third-order valence-electron chi connectivity index (χ3n) is 3.57. The third-order valence-corrected chi connectivity index (χ3v) is 4.17. The summed E-state index contributed by atoms with van der Waals surface area (Å²) in [5.74, 6) is 0.567. The topological polar surface area (TPSA) is 78.4 Å². The zero-order chi connectivity index (χ0) is 13.8. The minimum Gasteiger partial charge on any atom is -0.393 e. The molecule has 1 aromatic heterocycles. The van der Waals surface area contributed by atoms with Crippen LogP contribution in [0.15, 0.2) is 5.51 Å². The highest BCUT2D eigenvalue weighted by molar-refractivity contribution is 7.13. The van der Waals surface area contributed by atoms with Crippen molar-refractivity contribution in [2.24, 2.45) is 11.8 Å². The molecule has 1 unspecified atom stereocenters. The van der Waals surface area contributed by atoms with E-state index in [1.807, 2.05) is 13.8 Å². The van der Waals surface area contributed by atoms with Gasteiger partial charge >= 0.3 is 6.03 Å². The van der Waals surface area contributed by atoms with Crippen LogP contribution in [0.3, 0.4) is 0 Å². The van der Waals surface area contributed by atoms with E-state index in [1.54, 1.807) is 10.4 Å². The van der Waals surface area contributed by atoms with Crippen LogP contribution in [0.25, 0.3) is 0 Å². The Morgan fingerprint density at radius 2 is 2.21 bits per heavy atom. The number of aliphatic hydroxyl groups excluding tert-OH is 1. The van der Waals surface area contributed by atoms with Gasteiger partial charge in [0.1, 0.15) is 5.51 Å². The molecule has 1 atom stereocenters. The number of piperidine rings is 1. The first-order valence-corrected chi connectivity index (χ1v) is 7.46. The molecule has 1 aliphatic rings. The van der Waals surface area contributed by atoms with Gasteiger partial charge in [0.2, 0.25) is 5.13 Å². The van der Waals surface area contributed by atoms with Crippen molar-refractivity contribution in [2.45, 2.75) is 32.8 Å². The van der Waals surface area contributed by atoms with Crippen LogP contribution in [0.1, 0.15) is 26.7 Å². The molecule has 2 amide bonds. The number of hydrogen-bond donors (Lipinski definition) is 2. The summed E-state index contributed by atoms with van der Waals surface area (Å²) < 4.78 is 0. The van der Waals surface area contributed by atoms with E-state index >= 15 is 0 Å². The Labute approximate surface area is 116 Å². The van der Waals surface area contributed by atoms with E-state index in [0.29, 0.717) is 24.1 Å². The number of rotatable bonds is 3. The molecule has 2 heterocycles. The van der Waals surface area contributed by atoms with Gasteiger partial charge in [-0.2, -0.15) is 0 Å². The van der Waals surface area contributed by atoms with Gasteiger partial charge in [0.25, 0.3) is 0 Å². The van der Waals surface area contributed by atoms with Gasteiger partial charge in [0.05, 0.1) is 6.10 Å². The van der Waals surface area contributed by atoms with Crippen molar-refractivity contribution in [3.63, 3.8) is 0 Å². The maximum Gasteiger partial charge on any atom is 0.323 e. The van der Waals surface area contributed by atoms with Gasteiger partial charge in [-0.3, -0.25) is 5.32 Å². The van der Waals surface area contributed by atoms with E-state index in [4.69, 9.17) is 0 Å². The molecule has 0 spiro atoms. The van der Waals surface area contributed by atoms with Crippen LogP contribution in [-0.4, -0.2) is 45.4 Å². The van der Waals surface area contributed by atoms with Gasteiger partial charge in [0.15, 0.2) is 0 Å². The SMILES string of the molecule is CC(C)C(O)C1CCN(C(=O)Nc2nncs2)CC1. The van der Waals surface area contributed by atoms with Gasteiger partial charge in [-0.05, 0) is 24.7 Å². The summed E-state index contributed by atoms with van der Waals surface area (Å²) >= 11 is 1.30. The maximum atomic E-state index is 12.0. The van der Waals surface area contributed by atoms with Crippen molar-refractivity contribution >= 4 is 22.5 Å². The number of urea groups is 1. The van der Waals surface area contributed by atoms with Crippen LogP contribution in [0.5, 0.6) is 0 Å². The lowest BCUT2D eigenvalue weighted by Crippen LogP contribution is -2.44. The molecule has 7 heteroatoms. The average molecular weight is 284 g/mol. The molecule has 1 aliphatic heterocycles. The lowest BCUT2D eigenvalue weighted by Gasteiger charge is -2.35. The molecule has 0 radical (unpaired) electrons. The quantitative estimate of drug-likeness (QED) is 0.887. The standard InChI is InChI=1S/C12H20N4O2S/c1-8(2)10(17)9-3-5-16(6-4-9)12(18)14-11-15-13-7-19-11/h7-10,17H,3-6H2,1-2H3,(H,14,15,18). The first-order valence-electron chi connectivity index (χ1n) is 6.58. The van der Waals surface area contributed by atoms with Crippen LogP contribution in [-0.2, 0) is 0 Å². The van der Waals surface area contributed by atoms with Gasteiger partial charge < -0.3 is 10.0 Å². The molecule has 0 saturated carbocycles. The average Bonchev–Trinajstić information content (AvgIpc) is 2.90. The van der Waals surface area contributed by atoms with Gasteiger partial charge in [0, 0.05) is 13.1 Å². The van der Waals surface area contributed by atoms with Crippen LogP contribution >= 0.6 is 11.3 Å². The fourth-order valence-electron chi connectivity index (χ4n) is 2.39. The molecule has 0 aromatic carbocycles. The minimum atomic E-state index is -0.270. The largest absolute Gasteiger partial charge is 0.393 e. The second-order valence-corrected chi connectivity index (χ2v) is 6.07. The van der Waals surface area contributed by atoms with E-state index in [0.717, 1.165) is 12.8 Å². The Kier molecular flexibility index (Phi) is 4.71. The number of nitrogens with zero attached hydrogens (tertiary/aromatic N) is 3. The Morgan fingerprint density at radius 3 is 2.74 bits per heavy atom. The van der Waals surface area contributed by atoms with Gasteiger partial charge in [-0.15, -0.1) is 10.2 Å². The smallest absolute Gasteiger partial charge is 0.323 e. The normalized spacial score (nSPS) is 18.6. The van der Waals surface area contributed by atoms with E-state index in [-0.39, 0.29) is 18.1 Å². The number of aromatic nitrogens is 2. The highest BCUT2D eigenvalue weighted by Crippen LogP contribution is 2.25. The number of likely N-dealkylation sites (tertiary alicyclic amines) is 1. The summed E-state index contributed by atoms with van der Waals surface area (Å²) in [5, 5.41) is 20.8. The molecule has 1 saturated heterocycles. The predicted molar refractivity (Wildman–Crippen MR) is 74.1 cm³/mol. The van der Waals surface area contributed by atoms with Crippen molar-refractivity contribution in [2.75, 3.05) is 18.4 Å². The second-order valence-electron chi connectivity index (χ2n) is 5.23. The Morgan fingerprint density at radius 1 is 1.53 bits per heavy atom. The number of hydrogen-bond acceptors (Lipinski definition) is 5. The first-order chi connectivity index (χ1) is 9.08. The molecule has 2 rings (SSSR count). The Balaban J connectivity index is 1.81. The second kappa shape index (κ2) is 6.29. The highest BCUT2D eigenvalue weighted by atomic mass is 32.1. The highest BCUT2D eigenvalue weighted by Gasteiger charge is 2.29. The number of carbonyl (C=O) groups excluding carboxylic acids is 1. The lowest BCUT2D eigenvalue weighted by molar-refractivity contribution is 0.0355. The van der Waals surface area contributed by atoms with Crippen molar-refractivity contribution in [3.8, 4) is 0 Å². The summed E-state index contributed by atoms with van der Waals surface area (Å²) in [6, 6.07) is -0.130. The summed E-state index contributed by atoms with van der Waals surface area (Å²) in [4.78, 5) is 13.7. The van der Waals surface area contributed by atoms with Crippen molar-refractivity contribution < 1.29 is 9.90 Å². The first kappa shape index (κ1) is 14.2. The van der Waals surface area contributed by atoms with Crippen LogP contribution in [0, 0.1) is 11.8 Å². The van der Waals surface area contributed by atoms with E-state index in [9.17, 15) is 9.90 Å². The molecule has 19 heavy (non-hydrogen) atoms. The zero-order valence-electron chi connectivity index (χ0n) is 11.2. The summed E-state index contributed by atoms with van der Waals surface area (Å²) in [7, 11) is 0. The van der Waals surface area contributed by atoms with Crippen LogP contribution in [0.4, 0.5) is 9.93 Å². The zero-order valence-corrected chi connectivity index (χ0v) is 12.1. The molecular formula is C12H20N4O2S. The Bertz CT molecular complexity index is 402. The molecule has 106 valence electrons. The number of carbonyl (C=O) groups is 1. The molecule has 0 aliphatic carbocycles. The molecule has 1 aromatic rings. The van der Waals surface area contributed by atoms with Crippen molar-refractivity contribution in [1.82, 2.24) is 15.1 Å². The van der Waals surface area contributed by atoms with E-state index in [1.165, 1.54) is 11.3 Å². The van der Waals surface area contributed by atoms with Crippen molar-refractivity contribution in [3.05, 3.63) is 5.51 Å². The van der Waals surface area contributed by atoms with E-state index in [2.05, 4.69) is 15.5 Å². The third kappa shape index (κ3) is 3.63. The number of nitrogens with one attached hydrogen (secondary N) is 1. The minimum absolute atomic E-state index is 0.130.